The molecule has 0 atom stereocenters. The summed E-state index contributed by atoms with van der Waals surface area (Å²) in [6.45, 7) is 7.98. The zero-order valence-corrected chi connectivity index (χ0v) is 13.4. The summed E-state index contributed by atoms with van der Waals surface area (Å²) in [7, 11) is 0. The summed E-state index contributed by atoms with van der Waals surface area (Å²) in [4.78, 5) is 15.6. The third-order valence-corrected chi connectivity index (χ3v) is 3.61. The highest BCUT2D eigenvalue weighted by atomic mass is 79.9. The summed E-state index contributed by atoms with van der Waals surface area (Å²) in [6, 6.07) is 3.76. The van der Waals surface area contributed by atoms with Crippen LogP contribution >= 0.6 is 15.9 Å². The Hall–Kier alpha value is -1.69. The van der Waals surface area contributed by atoms with Crippen LogP contribution in [-0.2, 0) is 5.41 Å². The van der Waals surface area contributed by atoms with Crippen molar-refractivity contribution in [3.8, 4) is 5.82 Å². The Bertz CT molecular complexity index is 672. The quantitative estimate of drug-likeness (QED) is 0.912. The fourth-order valence-corrected chi connectivity index (χ4v) is 3.00. The minimum Gasteiger partial charge on any atom is -0.476 e. The molecule has 0 aliphatic rings. The Balaban J connectivity index is 2.75. The number of halogens is 1. The molecule has 0 fully saturated rings. The van der Waals surface area contributed by atoms with E-state index in [0.29, 0.717) is 10.3 Å². The lowest BCUT2D eigenvalue weighted by Crippen LogP contribution is -2.18. The van der Waals surface area contributed by atoms with Crippen molar-refractivity contribution in [3.63, 3.8) is 0 Å². The number of nitrogens with zero attached hydrogens (tertiary/aromatic N) is 3. The molecule has 0 amide bonds. The second-order valence-corrected chi connectivity index (χ2v) is 6.46. The summed E-state index contributed by atoms with van der Waals surface area (Å²) in [6.07, 6.45) is 1.69. The zero-order valence-electron chi connectivity index (χ0n) is 11.8. The van der Waals surface area contributed by atoms with Crippen LogP contribution in [0.4, 0.5) is 0 Å². The van der Waals surface area contributed by atoms with E-state index in [2.05, 4.69) is 26.0 Å². The van der Waals surface area contributed by atoms with Gasteiger partial charge in [-0.25, -0.2) is 14.5 Å². The van der Waals surface area contributed by atoms with Crippen molar-refractivity contribution in [2.45, 2.75) is 33.1 Å². The molecule has 2 heterocycles. The van der Waals surface area contributed by atoms with Gasteiger partial charge in [0, 0.05) is 11.6 Å². The number of aromatic carboxylic acids is 1. The Morgan fingerprint density at radius 3 is 2.55 bits per heavy atom. The molecule has 0 unspecified atom stereocenters. The van der Waals surface area contributed by atoms with Crippen molar-refractivity contribution < 1.29 is 9.90 Å². The highest BCUT2D eigenvalue weighted by Gasteiger charge is 2.29. The van der Waals surface area contributed by atoms with Crippen molar-refractivity contribution in [1.29, 1.82) is 0 Å². The minimum absolute atomic E-state index is 0.00164. The highest BCUT2D eigenvalue weighted by Crippen LogP contribution is 2.33. The van der Waals surface area contributed by atoms with Gasteiger partial charge in [-0.3, -0.25) is 0 Å². The molecule has 2 aromatic rings. The molecule has 106 valence electrons. The van der Waals surface area contributed by atoms with Crippen molar-refractivity contribution >= 4 is 21.9 Å². The van der Waals surface area contributed by atoms with Gasteiger partial charge in [-0.05, 0) is 40.5 Å². The minimum atomic E-state index is -1.06. The molecule has 0 aliphatic heterocycles. The first-order valence-electron chi connectivity index (χ1n) is 6.17. The summed E-state index contributed by atoms with van der Waals surface area (Å²) >= 11 is 3.36. The third kappa shape index (κ3) is 2.60. The van der Waals surface area contributed by atoms with E-state index in [1.54, 1.807) is 10.9 Å². The van der Waals surface area contributed by atoms with E-state index < -0.39 is 5.97 Å². The lowest BCUT2D eigenvalue weighted by molar-refractivity contribution is 0.0689. The molecule has 1 N–H and O–H groups in total. The van der Waals surface area contributed by atoms with Gasteiger partial charge in [-0.2, -0.15) is 5.10 Å². The molecule has 2 aromatic heterocycles. The monoisotopic (exact) mass is 337 g/mol. The number of carboxylic acids is 1. The van der Waals surface area contributed by atoms with Gasteiger partial charge in [0.1, 0.15) is 0 Å². The fourth-order valence-electron chi connectivity index (χ4n) is 1.98. The number of rotatable bonds is 2. The maximum absolute atomic E-state index is 11.3. The van der Waals surface area contributed by atoms with Crippen LogP contribution in [0.2, 0.25) is 0 Å². The number of hydrogen-bond donors (Lipinski definition) is 1. The van der Waals surface area contributed by atoms with Crippen LogP contribution in [-0.4, -0.2) is 25.8 Å². The highest BCUT2D eigenvalue weighted by molar-refractivity contribution is 9.10. The van der Waals surface area contributed by atoms with Crippen molar-refractivity contribution in [3.05, 3.63) is 39.8 Å². The number of aryl methyl sites for hydroxylation is 1. The number of aromatic nitrogens is 3. The van der Waals surface area contributed by atoms with E-state index in [9.17, 15) is 9.90 Å². The van der Waals surface area contributed by atoms with Gasteiger partial charge in [0.25, 0.3) is 0 Å². The van der Waals surface area contributed by atoms with Crippen LogP contribution in [0.25, 0.3) is 5.82 Å². The maximum Gasteiger partial charge on any atom is 0.357 e. The van der Waals surface area contributed by atoms with E-state index >= 15 is 0 Å². The topological polar surface area (TPSA) is 68.0 Å². The van der Waals surface area contributed by atoms with E-state index in [1.165, 1.54) is 0 Å². The van der Waals surface area contributed by atoms with Gasteiger partial charge >= 0.3 is 5.97 Å². The second-order valence-electron chi connectivity index (χ2n) is 5.67. The normalized spacial score (nSPS) is 11.7. The van der Waals surface area contributed by atoms with Gasteiger partial charge in [-0.15, -0.1) is 0 Å². The lowest BCUT2D eigenvalue weighted by atomic mass is 9.92. The molecular formula is C14H16BrN3O2. The van der Waals surface area contributed by atoms with Crippen molar-refractivity contribution in [2.75, 3.05) is 0 Å². The molecule has 0 aliphatic carbocycles. The Morgan fingerprint density at radius 2 is 2.05 bits per heavy atom. The van der Waals surface area contributed by atoms with Crippen LogP contribution in [0.5, 0.6) is 0 Å². The van der Waals surface area contributed by atoms with Gasteiger partial charge in [-0.1, -0.05) is 20.8 Å². The summed E-state index contributed by atoms with van der Waals surface area (Å²) in [5, 5.41) is 13.4. The van der Waals surface area contributed by atoms with Crippen LogP contribution < -0.4 is 0 Å². The number of carboxylic acid groups (broad SMARTS) is 1. The lowest BCUT2D eigenvalue weighted by Gasteiger charge is -2.20. The van der Waals surface area contributed by atoms with Gasteiger partial charge in [0.05, 0.1) is 10.2 Å². The Morgan fingerprint density at radius 1 is 1.40 bits per heavy atom. The third-order valence-electron chi connectivity index (χ3n) is 2.86. The van der Waals surface area contributed by atoms with E-state index in [1.807, 2.05) is 39.8 Å². The first kappa shape index (κ1) is 14.7. The summed E-state index contributed by atoms with van der Waals surface area (Å²) < 4.78 is 2.10. The van der Waals surface area contributed by atoms with Crippen LogP contribution in [0.1, 0.15) is 42.5 Å². The molecule has 0 radical (unpaired) electrons. The molecule has 0 bridgehead atoms. The van der Waals surface area contributed by atoms with Gasteiger partial charge in [0.2, 0.25) is 0 Å². The summed E-state index contributed by atoms with van der Waals surface area (Å²) in [5.74, 6) is -0.447. The molecule has 0 aromatic carbocycles. The van der Waals surface area contributed by atoms with Crippen molar-refractivity contribution in [2.24, 2.45) is 0 Å². The predicted octanol–water partition coefficient (Wildman–Crippen LogP) is 3.33. The smallest absolute Gasteiger partial charge is 0.357 e. The second kappa shape index (κ2) is 5.01. The van der Waals surface area contributed by atoms with Crippen LogP contribution in [0.15, 0.2) is 22.8 Å². The van der Waals surface area contributed by atoms with Crippen molar-refractivity contribution in [1.82, 2.24) is 14.8 Å². The first-order chi connectivity index (χ1) is 9.21. The fraction of sp³-hybridized carbons (Fsp3) is 0.357. The zero-order chi connectivity index (χ0) is 15.1. The van der Waals surface area contributed by atoms with Crippen LogP contribution in [0, 0.1) is 6.92 Å². The van der Waals surface area contributed by atoms with E-state index in [-0.39, 0.29) is 11.1 Å². The number of carbonyl (C=O) groups is 1. The van der Waals surface area contributed by atoms with Gasteiger partial charge in [0.15, 0.2) is 11.5 Å². The largest absolute Gasteiger partial charge is 0.476 e. The molecule has 0 saturated heterocycles. The average Bonchev–Trinajstić information content (AvgIpc) is 2.66. The Labute approximate surface area is 125 Å². The molecule has 6 heteroatoms. The SMILES string of the molecule is Cc1ccnc(-n2nc(C(=O)O)c(Br)c2C(C)(C)C)c1. The molecule has 20 heavy (non-hydrogen) atoms. The number of hydrogen-bond acceptors (Lipinski definition) is 3. The Kier molecular flexibility index (Phi) is 3.69. The molecular weight excluding hydrogens is 322 g/mol. The molecule has 2 rings (SSSR count). The molecule has 0 saturated carbocycles. The average molecular weight is 338 g/mol. The van der Waals surface area contributed by atoms with Crippen LogP contribution in [0.3, 0.4) is 0 Å². The maximum atomic E-state index is 11.3. The van der Waals surface area contributed by atoms with E-state index in [0.717, 1.165) is 11.3 Å². The number of pyridine rings is 1. The molecule has 5 nitrogen and oxygen atoms in total. The van der Waals surface area contributed by atoms with E-state index in [4.69, 9.17) is 0 Å². The first-order valence-corrected chi connectivity index (χ1v) is 6.96. The standard InChI is InChI=1S/C14H16BrN3O2/c1-8-5-6-16-9(7-8)18-12(14(2,3)4)10(15)11(17-18)13(19)20/h5-7H,1-4H3,(H,19,20). The molecule has 0 spiro atoms. The summed E-state index contributed by atoms with van der Waals surface area (Å²) in [5.41, 5.74) is 1.55. The van der Waals surface area contributed by atoms with Gasteiger partial charge < -0.3 is 5.11 Å². The predicted molar refractivity (Wildman–Crippen MR) is 79.5 cm³/mol.